The Balaban J connectivity index is 2.19. The van der Waals surface area contributed by atoms with Gasteiger partial charge in [0.2, 0.25) is 0 Å². The number of hydrogen-bond donors (Lipinski definition) is 2. The Morgan fingerprint density at radius 2 is 2.22 bits per heavy atom. The quantitative estimate of drug-likeness (QED) is 0.641. The minimum Gasteiger partial charge on any atom is -0.392 e. The number of anilines is 1. The molecule has 0 radical (unpaired) electrons. The van der Waals surface area contributed by atoms with E-state index in [1.54, 1.807) is 0 Å². The van der Waals surface area contributed by atoms with Crippen LogP contribution in [0.5, 0.6) is 0 Å². The summed E-state index contributed by atoms with van der Waals surface area (Å²) in [5.41, 5.74) is -0.414. The molecule has 0 heterocycles. The molecule has 5 nitrogen and oxygen atoms in total. The number of non-ortho nitro benzene ring substituents is 1. The topological polar surface area (TPSA) is 75.4 Å². The van der Waals surface area contributed by atoms with Crippen molar-refractivity contribution in [1.82, 2.24) is 0 Å². The summed E-state index contributed by atoms with van der Waals surface area (Å²) < 4.78 is 13.6. The third-order valence-electron chi connectivity index (χ3n) is 3.71. The number of aliphatic hydroxyl groups is 1. The minimum atomic E-state index is -0.564. The van der Waals surface area contributed by atoms with Gasteiger partial charge in [-0.1, -0.05) is 13.8 Å². The van der Waals surface area contributed by atoms with Crippen LogP contribution in [-0.2, 0) is 0 Å². The Morgan fingerprint density at radius 1 is 1.56 bits per heavy atom. The molecule has 1 aromatic rings. The summed E-state index contributed by atoms with van der Waals surface area (Å²) >= 11 is 0. The lowest BCUT2D eigenvalue weighted by Crippen LogP contribution is -2.57. The molecule has 1 aliphatic carbocycles. The van der Waals surface area contributed by atoms with Crippen LogP contribution in [0.2, 0.25) is 0 Å². The summed E-state index contributed by atoms with van der Waals surface area (Å²) in [6.45, 7) is 3.74. The standard InChI is InChI=1S/C12H15FN2O3/c1-12(2)10(6-11(12)16)14-9-5-7(15(17)18)3-4-8(9)13/h3-5,10-11,14,16H,6H2,1-2H3. The van der Waals surface area contributed by atoms with Gasteiger partial charge in [0.15, 0.2) is 0 Å². The molecule has 18 heavy (non-hydrogen) atoms. The highest BCUT2D eigenvalue weighted by Gasteiger charge is 2.47. The van der Waals surface area contributed by atoms with Crippen molar-refractivity contribution in [2.45, 2.75) is 32.4 Å². The summed E-state index contributed by atoms with van der Waals surface area (Å²) in [5, 5.41) is 23.1. The maximum atomic E-state index is 13.6. The van der Waals surface area contributed by atoms with Gasteiger partial charge in [-0.05, 0) is 12.5 Å². The van der Waals surface area contributed by atoms with E-state index < -0.39 is 16.8 Å². The van der Waals surface area contributed by atoms with E-state index in [1.807, 2.05) is 13.8 Å². The van der Waals surface area contributed by atoms with E-state index in [4.69, 9.17) is 0 Å². The van der Waals surface area contributed by atoms with Gasteiger partial charge in [-0.25, -0.2) is 4.39 Å². The summed E-state index contributed by atoms with van der Waals surface area (Å²) in [6, 6.07) is 3.28. The SMILES string of the molecule is CC1(C)C(O)CC1Nc1cc([N+](=O)[O-])ccc1F. The molecule has 0 spiro atoms. The van der Waals surface area contributed by atoms with Crippen molar-refractivity contribution in [2.24, 2.45) is 5.41 Å². The van der Waals surface area contributed by atoms with Crippen LogP contribution in [-0.4, -0.2) is 22.2 Å². The number of aliphatic hydroxyl groups excluding tert-OH is 1. The minimum absolute atomic E-state index is 0.0935. The van der Waals surface area contributed by atoms with Crippen molar-refractivity contribution < 1.29 is 14.4 Å². The molecule has 2 rings (SSSR count). The van der Waals surface area contributed by atoms with Gasteiger partial charge in [0.1, 0.15) is 5.82 Å². The van der Waals surface area contributed by atoms with Crippen molar-refractivity contribution >= 4 is 11.4 Å². The van der Waals surface area contributed by atoms with Crippen LogP contribution in [0.1, 0.15) is 20.3 Å². The molecule has 2 unspecified atom stereocenters. The maximum absolute atomic E-state index is 13.6. The zero-order valence-electron chi connectivity index (χ0n) is 10.2. The second kappa shape index (κ2) is 4.20. The molecule has 0 saturated heterocycles. The van der Waals surface area contributed by atoms with Gasteiger partial charge < -0.3 is 10.4 Å². The Kier molecular flexibility index (Phi) is 2.98. The van der Waals surface area contributed by atoms with Crippen LogP contribution in [0.4, 0.5) is 15.8 Å². The van der Waals surface area contributed by atoms with Gasteiger partial charge in [0, 0.05) is 23.6 Å². The predicted octanol–water partition coefficient (Wildman–Crippen LogP) is 2.31. The number of hydrogen-bond acceptors (Lipinski definition) is 4. The number of benzene rings is 1. The fraction of sp³-hybridized carbons (Fsp3) is 0.500. The first-order valence-electron chi connectivity index (χ1n) is 5.71. The van der Waals surface area contributed by atoms with E-state index in [1.165, 1.54) is 6.07 Å². The van der Waals surface area contributed by atoms with Gasteiger partial charge in [-0.3, -0.25) is 10.1 Å². The zero-order valence-corrected chi connectivity index (χ0v) is 10.2. The molecule has 0 bridgehead atoms. The highest BCUT2D eigenvalue weighted by Crippen LogP contribution is 2.42. The fourth-order valence-electron chi connectivity index (χ4n) is 2.07. The third-order valence-corrected chi connectivity index (χ3v) is 3.71. The van der Waals surface area contributed by atoms with Crippen molar-refractivity contribution in [1.29, 1.82) is 0 Å². The second-order valence-electron chi connectivity index (χ2n) is 5.19. The normalized spacial score (nSPS) is 25.3. The van der Waals surface area contributed by atoms with Crippen LogP contribution in [0.25, 0.3) is 0 Å². The summed E-state index contributed by atoms with van der Waals surface area (Å²) in [4.78, 5) is 10.1. The van der Waals surface area contributed by atoms with Crippen molar-refractivity contribution in [3.8, 4) is 0 Å². The molecular weight excluding hydrogens is 239 g/mol. The number of rotatable bonds is 3. The smallest absolute Gasteiger partial charge is 0.271 e. The van der Waals surface area contributed by atoms with Crippen LogP contribution in [0.15, 0.2) is 18.2 Å². The number of nitro benzene ring substituents is 1. The first kappa shape index (κ1) is 12.8. The van der Waals surface area contributed by atoms with Crippen molar-refractivity contribution in [3.05, 3.63) is 34.1 Å². The number of nitro groups is 1. The molecule has 98 valence electrons. The van der Waals surface area contributed by atoms with Gasteiger partial charge in [0.25, 0.3) is 5.69 Å². The molecule has 1 aromatic carbocycles. The predicted molar refractivity (Wildman–Crippen MR) is 64.9 cm³/mol. The molecule has 6 heteroatoms. The number of halogens is 1. The summed E-state index contributed by atoms with van der Waals surface area (Å²) in [6.07, 6.45) is 0.0755. The molecule has 2 N–H and O–H groups in total. The lowest BCUT2D eigenvalue weighted by molar-refractivity contribution is -0.384. The second-order valence-corrected chi connectivity index (χ2v) is 5.19. The molecule has 0 amide bonds. The Labute approximate surface area is 104 Å². The molecule has 1 aliphatic rings. The van der Waals surface area contributed by atoms with Gasteiger partial charge in [-0.15, -0.1) is 0 Å². The largest absolute Gasteiger partial charge is 0.392 e. The molecule has 1 fully saturated rings. The van der Waals surface area contributed by atoms with Crippen LogP contribution in [0, 0.1) is 21.3 Å². The molecule has 0 aliphatic heterocycles. The van der Waals surface area contributed by atoms with E-state index in [9.17, 15) is 19.6 Å². The summed E-state index contributed by atoms with van der Waals surface area (Å²) in [7, 11) is 0. The van der Waals surface area contributed by atoms with Crippen molar-refractivity contribution in [2.75, 3.05) is 5.32 Å². The van der Waals surface area contributed by atoms with E-state index in [0.29, 0.717) is 6.42 Å². The van der Waals surface area contributed by atoms with E-state index in [2.05, 4.69) is 5.32 Å². The Bertz CT molecular complexity index is 490. The lowest BCUT2D eigenvalue weighted by Gasteiger charge is -2.49. The monoisotopic (exact) mass is 254 g/mol. The van der Waals surface area contributed by atoms with Gasteiger partial charge in [0.05, 0.1) is 16.7 Å². The van der Waals surface area contributed by atoms with Gasteiger partial charge in [-0.2, -0.15) is 0 Å². The van der Waals surface area contributed by atoms with Crippen LogP contribution < -0.4 is 5.32 Å². The molecule has 1 saturated carbocycles. The number of nitrogens with one attached hydrogen (secondary N) is 1. The van der Waals surface area contributed by atoms with Gasteiger partial charge >= 0.3 is 0 Å². The fourth-order valence-corrected chi connectivity index (χ4v) is 2.07. The van der Waals surface area contributed by atoms with Crippen LogP contribution in [0.3, 0.4) is 0 Å². The third kappa shape index (κ3) is 2.03. The van der Waals surface area contributed by atoms with E-state index in [0.717, 1.165) is 12.1 Å². The first-order chi connectivity index (χ1) is 8.32. The van der Waals surface area contributed by atoms with E-state index >= 15 is 0 Å². The Morgan fingerprint density at radius 3 is 2.72 bits per heavy atom. The Hall–Kier alpha value is -1.69. The molecule has 2 atom stereocenters. The van der Waals surface area contributed by atoms with Crippen molar-refractivity contribution in [3.63, 3.8) is 0 Å². The average Bonchev–Trinajstić information content (AvgIpc) is 2.30. The number of nitrogens with zero attached hydrogens (tertiary/aromatic N) is 1. The highest BCUT2D eigenvalue weighted by molar-refractivity contribution is 5.53. The molecular formula is C12H15FN2O3. The van der Waals surface area contributed by atoms with E-state index in [-0.39, 0.29) is 22.8 Å². The average molecular weight is 254 g/mol. The first-order valence-corrected chi connectivity index (χ1v) is 5.71. The lowest BCUT2D eigenvalue weighted by atomic mass is 9.64. The maximum Gasteiger partial charge on any atom is 0.271 e. The molecule has 0 aromatic heterocycles. The highest BCUT2D eigenvalue weighted by atomic mass is 19.1. The zero-order chi connectivity index (χ0) is 13.5. The van der Waals surface area contributed by atoms with Crippen LogP contribution >= 0.6 is 0 Å². The summed E-state index contributed by atoms with van der Waals surface area (Å²) in [5.74, 6) is -0.530.